The van der Waals surface area contributed by atoms with Crippen LogP contribution in [0.5, 0.6) is 0 Å². The summed E-state index contributed by atoms with van der Waals surface area (Å²) in [5, 5.41) is 13.1. The van der Waals surface area contributed by atoms with E-state index in [2.05, 4.69) is 15.5 Å². The zero-order chi connectivity index (χ0) is 19.4. The van der Waals surface area contributed by atoms with Crippen LogP contribution >= 0.6 is 22.9 Å². The Labute approximate surface area is 167 Å². The number of aromatic nitrogens is 2. The van der Waals surface area contributed by atoms with Gasteiger partial charge in [-0.1, -0.05) is 35.1 Å². The molecule has 0 aliphatic carbocycles. The summed E-state index contributed by atoms with van der Waals surface area (Å²) in [5.74, 6) is -0.341. The van der Waals surface area contributed by atoms with Crippen molar-refractivity contribution in [2.75, 3.05) is 32.5 Å². The van der Waals surface area contributed by atoms with E-state index < -0.39 is 0 Å². The molecule has 1 aliphatic rings. The monoisotopic (exact) mass is 407 g/mol. The van der Waals surface area contributed by atoms with E-state index in [1.165, 1.54) is 16.2 Å². The molecule has 27 heavy (non-hydrogen) atoms. The van der Waals surface area contributed by atoms with E-state index >= 15 is 0 Å². The summed E-state index contributed by atoms with van der Waals surface area (Å²) in [5.41, 5.74) is 1.08. The maximum atomic E-state index is 12.6. The number of hydrogen-bond donors (Lipinski definition) is 1. The number of carbonyl (C=O) groups is 2. The fourth-order valence-electron chi connectivity index (χ4n) is 3.01. The molecular formula is C18H22ClN5O2S. The molecule has 1 aromatic heterocycles. The highest BCUT2D eigenvalue weighted by atomic mass is 35.5. The number of amides is 3. The van der Waals surface area contributed by atoms with Crippen molar-refractivity contribution >= 4 is 40.0 Å². The highest BCUT2D eigenvalue weighted by Crippen LogP contribution is 2.23. The number of halogens is 1. The summed E-state index contributed by atoms with van der Waals surface area (Å²) >= 11 is 7.26. The molecule has 7 nitrogen and oxygen atoms in total. The molecule has 3 amide bonds. The van der Waals surface area contributed by atoms with E-state index in [0.717, 1.165) is 23.4 Å². The van der Waals surface area contributed by atoms with Crippen LogP contribution in [0.4, 0.5) is 9.93 Å². The summed E-state index contributed by atoms with van der Waals surface area (Å²) in [6.45, 7) is 1.12. The van der Waals surface area contributed by atoms with Gasteiger partial charge in [0.25, 0.3) is 0 Å². The standard InChI is InChI=1S/C18H22ClN5O2S/c1-23(2)18(26)24-9-3-4-13(11-24)16(25)20-17-22-21-15(27-17)10-12-5-7-14(19)8-6-12/h5-8,13H,3-4,9-11H2,1-2H3,(H,20,22,25). The quantitative estimate of drug-likeness (QED) is 0.844. The Morgan fingerprint density at radius 1 is 1.30 bits per heavy atom. The number of urea groups is 1. The number of nitrogens with zero attached hydrogens (tertiary/aromatic N) is 4. The number of piperidine rings is 1. The first-order valence-corrected chi connectivity index (χ1v) is 9.95. The van der Waals surface area contributed by atoms with Crippen molar-refractivity contribution in [3.63, 3.8) is 0 Å². The third-order valence-corrected chi connectivity index (χ3v) is 5.50. The molecule has 3 rings (SSSR count). The summed E-state index contributed by atoms with van der Waals surface area (Å²) in [4.78, 5) is 27.9. The van der Waals surface area contributed by atoms with Gasteiger partial charge in [-0.25, -0.2) is 4.79 Å². The van der Waals surface area contributed by atoms with Crippen LogP contribution in [0.15, 0.2) is 24.3 Å². The third kappa shape index (κ3) is 5.17. The predicted molar refractivity (Wildman–Crippen MR) is 106 cm³/mol. The Kier molecular flexibility index (Phi) is 6.28. The summed E-state index contributed by atoms with van der Waals surface area (Å²) in [7, 11) is 3.44. The summed E-state index contributed by atoms with van der Waals surface area (Å²) in [6, 6.07) is 7.50. The Balaban J connectivity index is 1.57. The molecule has 1 aliphatic heterocycles. The molecule has 2 heterocycles. The van der Waals surface area contributed by atoms with Crippen LogP contribution < -0.4 is 5.32 Å². The van der Waals surface area contributed by atoms with E-state index in [9.17, 15) is 9.59 Å². The average molecular weight is 408 g/mol. The van der Waals surface area contributed by atoms with Crippen molar-refractivity contribution in [2.45, 2.75) is 19.3 Å². The average Bonchev–Trinajstić information content (AvgIpc) is 3.09. The fraction of sp³-hybridized carbons (Fsp3) is 0.444. The minimum absolute atomic E-state index is 0.0614. The normalized spacial score (nSPS) is 16.9. The fourth-order valence-corrected chi connectivity index (χ4v) is 3.91. The van der Waals surface area contributed by atoms with E-state index in [1.54, 1.807) is 19.0 Å². The Morgan fingerprint density at radius 3 is 2.74 bits per heavy atom. The van der Waals surface area contributed by atoms with Gasteiger partial charge in [0.05, 0.1) is 5.92 Å². The van der Waals surface area contributed by atoms with Crippen LogP contribution in [0.2, 0.25) is 5.02 Å². The smallest absolute Gasteiger partial charge is 0.319 e. The lowest BCUT2D eigenvalue weighted by molar-refractivity contribution is -0.121. The molecule has 0 bridgehead atoms. The number of carbonyl (C=O) groups excluding carboxylic acids is 2. The molecular weight excluding hydrogens is 386 g/mol. The third-order valence-electron chi connectivity index (χ3n) is 4.41. The van der Waals surface area contributed by atoms with Gasteiger partial charge in [0.1, 0.15) is 5.01 Å². The molecule has 0 radical (unpaired) electrons. The summed E-state index contributed by atoms with van der Waals surface area (Å²) < 4.78 is 0. The molecule has 1 saturated heterocycles. The summed E-state index contributed by atoms with van der Waals surface area (Å²) in [6.07, 6.45) is 2.22. The van der Waals surface area contributed by atoms with Crippen molar-refractivity contribution in [2.24, 2.45) is 5.92 Å². The molecule has 1 aromatic carbocycles. The van der Waals surface area contributed by atoms with Gasteiger partial charge in [0.2, 0.25) is 11.0 Å². The van der Waals surface area contributed by atoms with E-state index in [-0.39, 0.29) is 17.9 Å². The van der Waals surface area contributed by atoms with Crippen LogP contribution in [-0.2, 0) is 11.2 Å². The highest BCUT2D eigenvalue weighted by Gasteiger charge is 2.29. The number of rotatable bonds is 4. The van der Waals surface area contributed by atoms with Gasteiger partial charge in [-0.05, 0) is 30.5 Å². The van der Waals surface area contributed by atoms with Crippen LogP contribution in [0, 0.1) is 5.92 Å². The molecule has 9 heteroatoms. The SMILES string of the molecule is CN(C)C(=O)N1CCCC(C(=O)Nc2nnc(Cc3ccc(Cl)cc3)s2)C1. The van der Waals surface area contributed by atoms with Gasteiger partial charge in [-0.3, -0.25) is 4.79 Å². The molecule has 1 unspecified atom stereocenters. The van der Waals surface area contributed by atoms with Gasteiger partial charge in [-0.15, -0.1) is 10.2 Å². The largest absolute Gasteiger partial charge is 0.331 e. The zero-order valence-corrected chi connectivity index (χ0v) is 16.9. The predicted octanol–water partition coefficient (Wildman–Crippen LogP) is 3.11. The molecule has 2 aromatic rings. The molecule has 1 atom stereocenters. The molecule has 0 spiro atoms. The maximum absolute atomic E-state index is 12.6. The maximum Gasteiger partial charge on any atom is 0.319 e. The van der Waals surface area contributed by atoms with Crippen molar-refractivity contribution in [1.82, 2.24) is 20.0 Å². The topological polar surface area (TPSA) is 78.4 Å². The molecule has 144 valence electrons. The molecule has 0 saturated carbocycles. The first kappa shape index (κ1) is 19.6. The van der Waals surface area contributed by atoms with Gasteiger partial charge in [0, 0.05) is 38.6 Å². The first-order valence-electron chi connectivity index (χ1n) is 8.76. The lowest BCUT2D eigenvalue weighted by atomic mass is 9.97. The second kappa shape index (κ2) is 8.67. The van der Waals surface area contributed by atoms with Crippen LogP contribution in [-0.4, -0.2) is 59.1 Å². The van der Waals surface area contributed by atoms with Gasteiger partial charge in [0.15, 0.2) is 0 Å². The van der Waals surface area contributed by atoms with E-state index in [1.807, 2.05) is 24.3 Å². The van der Waals surface area contributed by atoms with Crippen molar-refractivity contribution in [3.8, 4) is 0 Å². The Bertz CT molecular complexity index is 808. The van der Waals surface area contributed by atoms with Crippen LogP contribution in [0.25, 0.3) is 0 Å². The Hall–Kier alpha value is -2.19. The lowest BCUT2D eigenvalue weighted by Crippen LogP contribution is -2.47. The number of hydrogen-bond acceptors (Lipinski definition) is 5. The van der Waals surface area contributed by atoms with Crippen LogP contribution in [0.1, 0.15) is 23.4 Å². The lowest BCUT2D eigenvalue weighted by Gasteiger charge is -2.33. The van der Waals surface area contributed by atoms with Gasteiger partial charge < -0.3 is 15.1 Å². The second-order valence-corrected chi connectivity index (χ2v) is 8.25. The zero-order valence-electron chi connectivity index (χ0n) is 15.3. The van der Waals surface area contributed by atoms with E-state index in [4.69, 9.17) is 11.6 Å². The molecule has 1 N–H and O–H groups in total. The van der Waals surface area contributed by atoms with Crippen LogP contribution in [0.3, 0.4) is 0 Å². The minimum atomic E-state index is -0.230. The van der Waals surface area contributed by atoms with Gasteiger partial charge >= 0.3 is 6.03 Å². The second-order valence-electron chi connectivity index (χ2n) is 6.76. The van der Waals surface area contributed by atoms with Gasteiger partial charge in [-0.2, -0.15) is 0 Å². The van der Waals surface area contributed by atoms with Crippen molar-refractivity contribution in [3.05, 3.63) is 39.9 Å². The number of likely N-dealkylation sites (tertiary alicyclic amines) is 1. The van der Waals surface area contributed by atoms with Crippen molar-refractivity contribution in [1.29, 1.82) is 0 Å². The van der Waals surface area contributed by atoms with Crippen molar-refractivity contribution < 1.29 is 9.59 Å². The van der Waals surface area contributed by atoms with E-state index in [0.29, 0.717) is 29.7 Å². The number of anilines is 1. The molecule has 1 fully saturated rings. The number of benzene rings is 1. The number of nitrogens with one attached hydrogen (secondary N) is 1. The minimum Gasteiger partial charge on any atom is -0.331 e. The first-order chi connectivity index (χ1) is 12.9. The highest BCUT2D eigenvalue weighted by molar-refractivity contribution is 7.15. The Morgan fingerprint density at radius 2 is 2.04 bits per heavy atom.